The highest BCUT2D eigenvalue weighted by Gasteiger charge is 2.43. The van der Waals surface area contributed by atoms with Gasteiger partial charge in [-0.15, -0.1) is 0 Å². The van der Waals surface area contributed by atoms with Crippen LogP contribution in [-0.2, 0) is 11.2 Å². The van der Waals surface area contributed by atoms with Crippen molar-refractivity contribution in [1.29, 1.82) is 0 Å². The topological polar surface area (TPSA) is 72.6 Å². The van der Waals surface area contributed by atoms with Crippen LogP contribution in [-0.4, -0.2) is 28.1 Å². The highest BCUT2D eigenvalue weighted by atomic mass is 16.5. The van der Waals surface area contributed by atoms with Crippen molar-refractivity contribution in [1.82, 2.24) is 4.98 Å². The highest BCUT2D eigenvalue weighted by Crippen LogP contribution is 2.46. The normalized spacial score (nSPS) is 20.2. The summed E-state index contributed by atoms with van der Waals surface area (Å²) < 4.78 is 12.2. The van der Waals surface area contributed by atoms with E-state index in [1.165, 1.54) is 0 Å². The molecule has 5 heteroatoms. The molecule has 0 saturated heterocycles. The molecule has 184 valence electrons. The number of oxazole rings is 1. The summed E-state index contributed by atoms with van der Waals surface area (Å²) in [7, 11) is 0. The standard InChI is InChI=1S/C31H31NO4/c1-2-25(21-33)35-26-16-9-15-24(19-26)27-17-10-18-31(27,34)20-28-32-29(22-11-5-3-6-12-22)30(36-28)23-13-7-4-8-14-23/h3-9,11-16,19,21,25,27,34H,2,10,17-18,20H2,1H3. The van der Waals surface area contributed by atoms with Crippen molar-refractivity contribution in [2.75, 3.05) is 0 Å². The van der Waals surface area contributed by atoms with Crippen LogP contribution in [0.25, 0.3) is 22.6 Å². The molecule has 1 heterocycles. The molecule has 1 fully saturated rings. The molecule has 4 aromatic rings. The van der Waals surface area contributed by atoms with E-state index in [9.17, 15) is 9.90 Å². The maximum atomic E-state index is 11.9. The van der Waals surface area contributed by atoms with E-state index < -0.39 is 11.7 Å². The summed E-state index contributed by atoms with van der Waals surface area (Å²) in [6.45, 7) is 1.92. The lowest BCUT2D eigenvalue weighted by Gasteiger charge is -2.29. The number of aldehydes is 1. The minimum Gasteiger partial charge on any atom is -0.483 e. The maximum Gasteiger partial charge on any atom is 0.198 e. The van der Waals surface area contributed by atoms with Gasteiger partial charge >= 0.3 is 0 Å². The molecule has 5 nitrogen and oxygen atoms in total. The predicted molar refractivity (Wildman–Crippen MR) is 140 cm³/mol. The van der Waals surface area contributed by atoms with Crippen LogP contribution in [0, 0.1) is 0 Å². The molecular weight excluding hydrogens is 450 g/mol. The molecule has 3 unspecified atom stereocenters. The van der Waals surface area contributed by atoms with Gasteiger partial charge in [-0.3, -0.25) is 4.79 Å². The van der Waals surface area contributed by atoms with E-state index in [1.807, 2.05) is 91.9 Å². The zero-order valence-electron chi connectivity index (χ0n) is 20.5. The van der Waals surface area contributed by atoms with E-state index >= 15 is 0 Å². The van der Waals surface area contributed by atoms with E-state index in [1.54, 1.807) is 0 Å². The Morgan fingerprint density at radius 3 is 2.47 bits per heavy atom. The van der Waals surface area contributed by atoms with Crippen LogP contribution in [0.15, 0.2) is 89.3 Å². The zero-order valence-corrected chi connectivity index (χ0v) is 20.5. The number of hydrogen-bond donors (Lipinski definition) is 1. The Labute approximate surface area is 211 Å². The van der Waals surface area contributed by atoms with Crippen molar-refractivity contribution in [3.05, 3.63) is 96.4 Å². The smallest absolute Gasteiger partial charge is 0.198 e. The quantitative estimate of drug-likeness (QED) is 0.273. The Balaban J connectivity index is 1.46. The second kappa shape index (κ2) is 10.5. The summed E-state index contributed by atoms with van der Waals surface area (Å²) in [6, 6.07) is 27.7. The molecular formula is C31H31NO4. The van der Waals surface area contributed by atoms with Gasteiger partial charge in [0.25, 0.3) is 0 Å². The highest BCUT2D eigenvalue weighted by molar-refractivity contribution is 5.76. The molecule has 1 aliphatic rings. The van der Waals surface area contributed by atoms with Gasteiger partial charge in [-0.25, -0.2) is 4.98 Å². The van der Waals surface area contributed by atoms with Gasteiger partial charge in [-0.05, 0) is 43.4 Å². The first-order chi connectivity index (χ1) is 17.6. The Hall–Kier alpha value is -3.70. The first-order valence-corrected chi connectivity index (χ1v) is 12.6. The fraction of sp³-hybridized carbons (Fsp3) is 0.290. The predicted octanol–water partition coefficient (Wildman–Crippen LogP) is 6.61. The van der Waals surface area contributed by atoms with E-state index in [0.717, 1.165) is 41.5 Å². The van der Waals surface area contributed by atoms with Crippen molar-refractivity contribution in [2.24, 2.45) is 0 Å². The first-order valence-electron chi connectivity index (χ1n) is 12.6. The van der Waals surface area contributed by atoms with Crippen LogP contribution >= 0.6 is 0 Å². The van der Waals surface area contributed by atoms with Crippen LogP contribution in [0.3, 0.4) is 0 Å². The van der Waals surface area contributed by atoms with E-state index in [4.69, 9.17) is 14.1 Å². The lowest BCUT2D eigenvalue weighted by Crippen LogP contribution is -2.34. The van der Waals surface area contributed by atoms with Crippen molar-refractivity contribution < 1.29 is 19.1 Å². The lowest BCUT2D eigenvalue weighted by molar-refractivity contribution is -0.113. The van der Waals surface area contributed by atoms with Gasteiger partial charge in [0.05, 0.1) is 12.0 Å². The van der Waals surface area contributed by atoms with Crippen LogP contribution in [0.5, 0.6) is 5.75 Å². The summed E-state index contributed by atoms with van der Waals surface area (Å²) in [6.07, 6.45) is 3.73. The van der Waals surface area contributed by atoms with Crippen LogP contribution in [0.4, 0.5) is 0 Å². The number of carbonyl (C=O) groups is 1. The molecule has 36 heavy (non-hydrogen) atoms. The number of rotatable bonds is 9. The van der Waals surface area contributed by atoms with Crippen molar-refractivity contribution in [2.45, 2.75) is 56.7 Å². The second-order valence-corrected chi connectivity index (χ2v) is 9.52. The third kappa shape index (κ3) is 4.98. The van der Waals surface area contributed by atoms with Gasteiger partial charge in [0, 0.05) is 17.0 Å². The Morgan fingerprint density at radius 1 is 1.06 bits per heavy atom. The molecule has 1 aromatic heterocycles. The Kier molecular flexibility index (Phi) is 7.01. The van der Waals surface area contributed by atoms with Crippen molar-refractivity contribution in [3.63, 3.8) is 0 Å². The fourth-order valence-corrected chi connectivity index (χ4v) is 5.21. The summed E-state index contributed by atoms with van der Waals surface area (Å²) in [5.74, 6) is 1.81. The van der Waals surface area contributed by atoms with Gasteiger partial charge in [0.1, 0.15) is 11.4 Å². The summed E-state index contributed by atoms with van der Waals surface area (Å²) in [4.78, 5) is 16.1. The molecule has 0 aliphatic heterocycles. The maximum absolute atomic E-state index is 11.9. The van der Waals surface area contributed by atoms with Gasteiger partial charge in [0.15, 0.2) is 24.0 Å². The number of nitrogens with zero attached hydrogens (tertiary/aromatic N) is 1. The number of hydrogen-bond acceptors (Lipinski definition) is 5. The Morgan fingerprint density at radius 2 is 1.78 bits per heavy atom. The van der Waals surface area contributed by atoms with Crippen LogP contribution < -0.4 is 4.74 Å². The number of benzene rings is 3. The SMILES string of the molecule is CCC(C=O)Oc1cccc(C2CCCC2(O)Cc2nc(-c3ccccc3)c(-c3ccccc3)o2)c1. The average molecular weight is 482 g/mol. The van der Waals surface area contributed by atoms with Gasteiger partial charge in [0.2, 0.25) is 0 Å². The molecule has 1 saturated carbocycles. The van der Waals surface area contributed by atoms with Gasteiger partial charge in [-0.1, -0.05) is 79.7 Å². The van der Waals surface area contributed by atoms with Crippen molar-refractivity contribution >= 4 is 6.29 Å². The third-order valence-corrected chi connectivity index (χ3v) is 7.07. The molecule has 0 amide bonds. The van der Waals surface area contributed by atoms with E-state index in [0.29, 0.717) is 36.7 Å². The first kappa shape index (κ1) is 24.0. The Bertz CT molecular complexity index is 1240. The number of ether oxygens (including phenoxy) is 1. The van der Waals surface area contributed by atoms with E-state index in [-0.39, 0.29) is 5.92 Å². The van der Waals surface area contributed by atoms with Gasteiger partial charge in [-0.2, -0.15) is 0 Å². The summed E-state index contributed by atoms with van der Waals surface area (Å²) in [5, 5.41) is 11.9. The molecule has 0 bridgehead atoms. The monoisotopic (exact) mass is 481 g/mol. The number of aliphatic hydroxyl groups is 1. The summed E-state index contributed by atoms with van der Waals surface area (Å²) in [5.41, 5.74) is 2.74. The van der Waals surface area contributed by atoms with Crippen molar-refractivity contribution in [3.8, 4) is 28.3 Å². The number of aromatic nitrogens is 1. The molecule has 1 N–H and O–H groups in total. The van der Waals surface area contributed by atoms with Crippen LogP contribution in [0.2, 0.25) is 0 Å². The zero-order chi connectivity index (χ0) is 25.0. The summed E-state index contributed by atoms with van der Waals surface area (Å²) >= 11 is 0. The molecule has 3 atom stereocenters. The molecule has 0 spiro atoms. The minimum absolute atomic E-state index is 0.0791. The molecule has 5 rings (SSSR count). The second-order valence-electron chi connectivity index (χ2n) is 9.52. The lowest BCUT2D eigenvalue weighted by atomic mass is 9.82. The third-order valence-electron chi connectivity index (χ3n) is 7.07. The number of carbonyl (C=O) groups excluding carboxylic acids is 1. The fourth-order valence-electron chi connectivity index (χ4n) is 5.21. The van der Waals surface area contributed by atoms with Crippen LogP contribution in [0.1, 0.15) is 50.0 Å². The average Bonchev–Trinajstić information content (AvgIpc) is 3.52. The minimum atomic E-state index is -0.986. The molecule has 3 aromatic carbocycles. The van der Waals surface area contributed by atoms with Gasteiger partial charge < -0.3 is 14.3 Å². The largest absolute Gasteiger partial charge is 0.483 e. The molecule has 0 radical (unpaired) electrons. The van der Waals surface area contributed by atoms with E-state index in [2.05, 4.69) is 0 Å². The molecule has 1 aliphatic carbocycles.